The second-order valence-electron chi connectivity index (χ2n) is 9.85. The molecule has 1 fully saturated rings. The topological polar surface area (TPSA) is 210 Å². The normalized spacial score (nSPS) is 28.6. The molecule has 0 saturated heterocycles. The molecule has 198 valence electrons. The smallest absolute Gasteiger partial charge is 0.255 e. The number of carbonyl (C=O) groups excluding carboxylic acids is 3. The summed E-state index contributed by atoms with van der Waals surface area (Å²) in [4.78, 5) is 38.7. The van der Waals surface area contributed by atoms with Crippen molar-refractivity contribution in [2.24, 2.45) is 23.3 Å². The number of nitrogen functional groups attached to an aromatic ring is 1. The van der Waals surface area contributed by atoms with Gasteiger partial charge in [-0.1, -0.05) is 30.3 Å². The van der Waals surface area contributed by atoms with Crippen molar-refractivity contribution in [1.82, 2.24) is 0 Å². The van der Waals surface area contributed by atoms with Gasteiger partial charge in [-0.2, -0.15) is 11.8 Å². The minimum atomic E-state index is -2.76. The number of primary amides is 1. The molecule has 38 heavy (non-hydrogen) atoms. The third-order valence-corrected chi connectivity index (χ3v) is 8.98. The molecule has 0 aromatic heterocycles. The lowest BCUT2D eigenvalue weighted by Crippen LogP contribution is -2.65. The highest BCUT2D eigenvalue weighted by atomic mass is 32.2. The summed E-state index contributed by atoms with van der Waals surface area (Å²) in [7, 11) is 0. The first kappa shape index (κ1) is 25.8. The Kier molecular flexibility index (Phi) is 6.25. The highest BCUT2D eigenvalue weighted by molar-refractivity contribution is 7.98. The molecule has 2 aromatic carbocycles. The number of amides is 1. The fraction of sp³-hybridized carbons (Fsp3) is 0.296. The third kappa shape index (κ3) is 3.61. The van der Waals surface area contributed by atoms with E-state index in [2.05, 4.69) is 0 Å². The summed E-state index contributed by atoms with van der Waals surface area (Å²) in [5.74, 6) is -7.03. The Morgan fingerprint density at radius 2 is 1.76 bits per heavy atom. The minimum Gasteiger partial charge on any atom is -0.508 e. The van der Waals surface area contributed by atoms with E-state index in [9.17, 15) is 34.8 Å². The monoisotopic (exact) mass is 537 g/mol. The number of hydrogen-bond donors (Lipinski definition) is 7. The van der Waals surface area contributed by atoms with Gasteiger partial charge in [0.15, 0.2) is 11.4 Å². The maximum absolute atomic E-state index is 13.9. The van der Waals surface area contributed by atoms with Crippen molar-refractivity contribution in [2.75, 3.05) is 11.5 Å². The second-order valence-corrected chi connectivity index (χ2v) is 10.9. The van der Waals surface area contributed by atoms with Gasteiger partial charge in [-0.05, 0) is 35.6 Å². The van der Waals surface area contributed by atoms with Gasteiger partial charge in [0.1, 0.15) is 22.8 Å². The van der Waals surface area contributed by atoms with Crippen molar-refractivity contribution in [3.63, 3.8) is 0 Å². The standard InChI is InChI=1S/C27H27N3O7S/c28-15-6-7-16(31)19-17(15)13(10-38-9-11-4-2-1-3-5-11)12-8-14-21(29)23(33)20(26(30)36)25(35)27(14,37)24(34)18(12)22(19)32/h1-7,12-14,21,31-32,35,37H,8-10,28-29H2,(H2,30,36)/t12-,13-,14+,21+,27+/m1/s1. The number of fused-ring (bicyclic) bond motifs is 3. The predicted octanol–water partition coefficient (Wildman–Crippen LogP) is 1.42. The number of nitrogens with two attached hydrogens (primary N) is 3. The molecule has 5 atom stereocenters. The van der Waals surface area contributed by atoms with Crippen LogP contribution in [-0.4, -0.2) is 55.3 Å². The van der Waals surface area contributed by atoms with Gasteiger partial charge in [-0.15, -0.1) is 0 Å². The van der Waals surface area contributed by atoms with E-state index in [-0.39, 0.29) is 23.3 Å². The molecule has 0 spiro atoms. The number of ketones is 2. The van der Waals surface area contributed by atoms with Gasteiger partial charge < -0.3 is 37.6 Å². The maximum Gasteiger partial charge on any atom is 0.255 e. The van der Waals surface area contributed by atoms with Crippen LogP contribution in [0.15, 0.2) is 59.4 Å². The number of benzene rings is 2. The number of phenols is 1. The fourth-order valence-electron chi connectivity index (χ4n) is 6.02. The highest BCUT2D eigenvalue weighted by Gasteiger charge is 2.64. The number of carbonyl (C=O) groups is 3. The van der Waals surface area contributed by atoms with Crippen molar-refractivity contribution >= 4 is 40.7 Å². The van der Waals surface area contributed by atoms with E-state index in [4.69, 9.17) is 17.2 Å². The summed E-state index contributed by atoms with van der Waals surface area (Å²) in [6.07, 6.45) is -0.0876. The Labute approximate surface area is 221 Å². The number of rotatable bonds is 5. The van der Waals surface area contributed by atoms with Crippen LogP contribution in [0.25, 0.3) is 5.76 Å². The van der Waals surface area contributed by atoms with E-state index in [0.29, 0.717) is 22.8 Å². The maximum atomic E-state index is 13.9. The Hall–Kier alpha value is -3.80. The fourth-order valence-corrected chi connectivity index (χ4v) is 7.22. The summed E-state index contributed by atoms with van der Waals surface area (Å²) in [6.45, 7) is 0. The number of hydrogen-bond acceptors (Lipinski definition) is 10. The number of thioether (sulfide) groups is 1. The molecule has 1 saturated carbocycles. The van der Waals surface area contributed by atoms with Gasteiger partial charge in [0.05, 0.1) is 11.6 Å². The van der Waals surface area contributed by atoms with Crippen molar-refractivity contribution < 1.29 is 34.8 Å². The summed E-state index contributed by atoms with van der Waals surface area (Å²) >= 11 is 1.55. The molecule has 3 aliphatic carbocycles. The van der Waals surface area contributed by atoms with Gasteiger partial charge in [0.25, 0.3) is 5.91 Å². The van der Waals surface area contributed by atoms with E-state index < -0.39 is 64.0 Å². The van der Waals surface area contributed by atoms with Crippen LogP contribution in [-0.2, 0) is 20.1 Å². The number of phenolic OH excluding ortho intramolecular Hbond substituents is 1. The van der Waals surface area contributed by atoms with Gasteiger partial charge in [-0.25, -0.2) is 0 Å². The third-order valence-electron chi connectivity index (χ3n) is 7.85. The van der Waals surface area contributed by atoms with Gasteiger partial charge >= 0.3 is 0 Å². The van der Waals surface area contributed by atoms with Crippen molar-refractivity contribution in [3.8, 4) is 5.75 Å². The van der Waals surface area contributed by atoms with Crippen LogP contribution < -0.4 is 17.2 Å². The highest BCUT2D eigenvalue weighted by Crippen LogP contribution is 2.57. The average Bonchev–Trinajstić information content (AvgIpc) is 2.88. The van der Waals surface area contributed by atoms with Crippen LogP contribution >= 0.6 is 11.8 Å². The number of Topliss-reactive ketones (excluding diaryl/α,β-unsaturated/α-hetero) is 2. The molecular weight excluding hydrogens is 510 g/mol. The summed E-state index contributed by atoms with van der Waals surface area (Å²) < 4.78 is 0. The zero-order chi connectivity index (χ0) is 27.5. The number of aromatic hydroxyl groups is 1. The SMILES string of the molecule is NC(=O)C1=C(O)[C@@]2(O)C(=O)C3=C(O)c4c(O)ccc(N)c4[C@H](CSCc4ccccc4)[C@H]3C[C@H]2[C@H](N)C1=O. The average molecular weight is 538 g/mol. The Bertz CT molecular complexity index is 1440. The Morgan fingerprint density at radius 3 is 2.42 bits per heavy atom. The van der Waals surface area contributed by atoms with Crippen LogP contribution in [0, 0.1) is 11.8 Å². The number of aliphatic hydroxyl groups excluding tert-OH is 2. The van der Waals surface area contributed by atoms with Crippen molar-refractivity contribution in [3.05, 3.63) is 76.1 Å². The lowest BCUT2D eigenvalue weighted by molar-refractivity contribution is -0.149. The Morgan fingerprint density at radius 1 is 1.08 bits per heavy atom. The first-order chi connectivity index (χ1) is 18.0. The molecule has 11 heteroatoms. The van der Waals surface area contributed by atoms with Crippen LogP contribution in [0.2, 0.25) is 0 Å². The molecule has 0 aliphatic heterocycles. The molecule has 0 radical (unpaired) electrons. The van der Waals surface area contributed by atoms with Crippen LogP contribution in [0.3, 0.4) is 0 Å². The van der Waals surface area contributed by atoms with Crippen LogP contribution in [0.4, 0.5) is 5.69 Å². The molecule has 0 bridgehead atoms. The zero-order valence-corrected chi connectivity index (χ0v) is 20.9. The van der Waals surface area contributed by atoms with E-state index in [1.165, 1.54) is 12.1 Å². The number of aliphatic hydroxyl groups is 3. The van der Waals surface area contributed by atoms with E-state index >= 15 is 0 Å². The zero-order valence-electron chi connectivity index (χ0n) is 20.1. The molecule has 2 aromatic rings. The first-order valence-corrected chi connectivity index (χ1v) is 13.1. The quantitative estimate of drug-likeness (QED) is 0.166. The van der Waals surface area contributed by atoms with Crippen LogP contribution in [0.5, 0.6) is 5.75 Å². The van der Waals surface area contributed by atoms with Crippen molar-refractivity contribution in [2.45, 2.75) is 29.7 Å². The van der Waals surface area contributed by atoms with Crippen LogP contribution in [0.1, 0.15) is 29.0 Å². The second kappa shape index (κ2) is 9.19. The lowest BCUT2D eigenvalue weighted by atomic mass is 9.56. The molecule has 10 N–H and O–H groups in total. The molecule has 1 amide bonds. The minimum absolute atomic E-state index is 0.0354. The van der Waals surface area contributed by atoms with Gasteiger partial charge in [-0.3, -0.25) is 14.4 Å². The van der Waals surface area contributed by atoms with E-state index in [1.807, 2.05) is 30.3 Å². The summed E-state index contributed by atoms with van der Waals surface area (Å²) in [6, 6.07) is 11.0. The number of anilines is 1. The Balaban J connectivity index is 1.65. The molecule has 10 nitrogen and oxygen atoms in total. The molecule has 3 aliphatic rings. The summed E-state index contributed by atoms with van der Waals surface area (Å²) in [5, 5.41) is 44.3. The van der Waals surface area contributed by atoms with E-state index in [0.717, 1.165) is 5.56 Å². The molecule has 0 heterocycles. The lowest BCUT2D eigenvalue weighted by Gasteiger charge is -2.50. The largest absolute Gasteiger partial charge is 0.508 e. The van der Waals surface area contributed by atoms with Gasteiger partial charge in [0.2, 0.25) is 5.78 Å². The molecule has 0 unspecified atom stereocenters. The van der Waals surface area contributed by atoms with Crippen molar-refractivity contribution in [1.29, 1.82) is 0 Å². The summed E-state index contributed by atoms with van der Waals surface area (Å²) in [5.41, 5.74) is 15.5. The van der Waals surface area contributed by atoms with E-state index in [1.54, 1.807) is 11.8 Å². The predicted molar refractivity (Wildman–Crippen MR) is 141 cm³/mol. The molecular formula is C27H27N3O7S. The first-order valence-electron chi connectivity index (χ1n) is 12.0. The molecule has 5 rings (SSSR count). The van der Waals surface area contributed by atoms with Gasteiger partial charge in [0, 0.05) is 34.6 Å².